The van der Waals surface area contributed by atoms with E-state index in [-0.39, 0.29) is 12.5 Å². The van der Waals surface area contributed by atoms with Crippen molar-refractivity contribution in [2.45, 2.75) is 25.7 Å². The first kappa shape index (κ1) is 12.6. The van der Waals surface area contributed by atoms with Crippen LogP contribution in [0.2, 0.25) is 0 Å². The summed E-state index contributed by atoms with van der Waals surface area (Å²) in [7, 11) is 0. The zero-order valence-electron chi connectivity index (χ0n) is 9.92. The number of aryl methyl sites for hydroxylation is 1. The van der Waals surface area contributed by atoms with Gasteiger partial charge in [-0.25, -0.2) is 4.79 Å². The van der Waals surface area contributed by atoms with Gasteiger partial charge in [-0.1, -0.05) is 0 Å². The first-order valence-electron chi connectivity index (χ1n) is 5.61. The lowest BCUT2D eigenvalue weighted by Gasteiger charge is -2.14. The molecule has 96 valence electrons. The van der Waals surface area contributed by atoms with Crippen LogP contribution in [0.3, 0.4) is 0 Å². The Balaban J connectivity index is 2.35. The van der Waals surface area contributed by atoms with E-state index >= 15 is 0 Å². The van der Waals surface area contributed by atoms with Gasteiger partial charge in [0.25, 0.3) is 5.56 Å². The molecule has 2 heterocycles. The number of hydrogen-bond acceptors (Lipinski definition) is 4. The van der Waals surface area contributed by atoms with Crippen molar-refractivity contribution in [3.8, 4) is 12.3 Å². The molecular weight excluding hydrogens is 236 g/mol. The number of terminal acetylenes is 1. The monoisotopic (exact) mass is 250 g/mol. The average Bonchev–Trinajstić information content (AvgIpc) is 2.76. The minimum Gasteiger partial charge on any atom is -0.394 e. The molecule has 0 aromatic carbocycles. The number of rotatable bonds is 2. The van der Waals surface area contributed by atoms with Crippen LogP contribution in [-0.2, 0) is 4.74 Å². The van der Waals surface area contributed by atoms with Crippen LogP contribution in [0.5, 0.6) is 0 Å². The van der Waals surface area contributed by atoms with E-state index in [0.29, 0.717) is 12.0 Å². The van der Waals surface area contributed by atoms with E-state index in [1.165, 1.54) is 10.8 Å². The Labute approximate surface area is 103 Å². The number of aromatic nitrogens is 2. The molecule has 1 fully saturated rings. The van der Waals surface area contributed by atoms with Crippen LogP contribution in [0, 0.1) is 25.2 Å². The summed E-state index contributed by atoms with van der Waals surface area (Å²) in [6.45, 7) is 1.41. The van der Waals surface area contributed by atoms with Crippen molar-refractivity contribution < 1.29 is 9.84 Å². The predicted octanol–water partition coefficient (Wildman–Crippen LogP) is -0.626. The van der Waals surface area contributed by atoms with Crippen molar-refractivity contribution in [2.75, 3.05) is 6.61 Å². The van der Waals surface area contributed by atoms with Crippen LogP contribution in [0.25, 0.3) is 0 Å². The smallest absolute Gasteiger partial charge is 0.330 e. The van der Waals surface area contributed by atoms with Crippen LogP contribution in [0.1, 0.15) is 18.2 Å². The molecule has 0 saturated carbocycles. The molecule has 2 rings (SSSR count). The number of aromatic amines is 1. The number of aliphatic hydroxyl groups is 1. The zero-order valence-corrected chi connectivity index (χ0v) is 9.92. The summed E-state index contributed by atoms with van der Waals surface area (Å²) >= 11 is 0. The predicted molar refractivity (Wildman–Crippen MR) is 64.0 cm³/mol. The Bertz CT molecular complexity index is 595. The molecule has 1 aliphatic rings. The molecule has 1 aliphatic heterocycles. The standard InChI is InChI=1S/C12H14N2O4/c1-3-8-4-10(18-9(8)6-15)14-5-7(2)11(16)13-12(14)17/h1,5,8-10,15H,4,6H2,2H3,(H,13,16,17)/t8-,9+,10+/m0/s1. The van der Waals surface area contributed by atoms with E-state index in [1.807, 2.05) is 0 Å². The van der Waals surface area contributed by atoms with Gasteiger partial charge in [0.15, 0.2) is 0 Å². The van der Waals surface area contributed by atoms with Crippen LogP contribution >= 0.6 is 0 Å². The molecule has 6 heteroatoms. The Morgan fingerprint density at radius 3 is 2.94 bits per heavy atom. The lowest BCUT2D eigenvalue weighted by molar-refractivity contribution is -0.0289. The van der Waals surface area contributed by atoms with Crippen LogP contribution < -0.4 is 11.2 Å². The molecule has 3 atom stereocenters. The first-order valence-corrected chi connectivity index (χ1v) is 5.61. The molecule has 1 saturated heterocycles. The SMILES string of the molecule is C#C[C@H]1C[C@H](n2cc(C)c(=O)[nH]c2=O)O[C@@H]1CO. The minimum atomic E-state index is -0.550. The Morgan fingerprint density at radius 2 is 2.39 bits per heavy atom. The Hall–Kier alpha value is -1.84. The highest BCUT2D eigenvalue weighted by atomic mass is 16.5. The molecule has 0 radical (unpaired) electrons. The topological polar surface area (TPSA) is 84.3 Å². The van der Waals surface area contributed by atoms with E-state index < -0.39 is 23.6 Å². The second kappa shape index (κ2) is 4.80. The lowest BCUT2D eigenvalue weighted by Crippen LogP contribution is -2.33. The number of ether oxygens (including phenoxy) is 1. The highest BCUT2D eigenvalue weighted by molar-refractivity contribution is 5.04. The van der Waals surface area contributed by atoms with E-state index in [1.54, 1.807) is 6.92 Å². The zero-order chi connectivity index (χ0) is 13.3. The summed E-state index contributed by atoms with van der Waals surface area (Å²) in [5.41, 5.74) is -0.533. The maximum absolute atomic E-state index is 11.7. The van der Waals surface area contributed by atoms with Gasteiger partial charge in [-0.3, -0.25) is 14.3 Å². The number of hydrogen-bond donors (Lipinski definition) is 2. The fourth-order valence-corrected chi connectivity index (χ4v) is 2.05. The fraction of sp³-hybridized carbons (Fsp3) is 0.500. The Kier molecular flexibility index (Phi) is 3.36. The molecule has 0 amide bonds. The summed E-state index contributed by atoms with van der Waals surface area (Å²) in [4.78, 5) is 25.2. The molecule has 0 spiro atoms. The van der Waals surface area contributed by atoms with E-state index in [9.17, 15) is 9.59 Å². The lowest BCUT2D eigenvalue weighted by atomic mass is 10.0. The molecule has 1 aromatic heterocycles. The first-order chi connectivity index (χ1) is 8.56. The molecule has 0 unspecified atom stereocenters. The van der Waals surface area contributed by atoms with Crippen molar-refractivity contribution in [2.24, 2.45) is 5.92 Å². The van der Waals surface area contributed by atoms with Gasteiger partial charge >= 0.3 is 5.69 Å². The quantitative estimate of drug-likeness (QED) is 0.685. The van der Waals surface area contributed by atoms with Crippen molar-refractivity contribution in [3.05, 3.63) is 32.6 Å². The van der Waals surface area contributed by atoms with Gasteiger partial charge in [0.05, 0.1) is 18.6 Å². The van der Waals surface area contributed by atoms with Gasteiger partial charge < -0.3 is 9.84 Å². The van der Waals surface area contributed by atoms with Gasteiger partial charge in [0, 0.05) is 18.2 Å². The summed E-state index contributed by atoms with van der Waals surface area (Å²) in [6.07, 6.45) is 6.20. The van der Waals surface area contributed by atoms with Gasteiger partial charge in [-0.15, -0.1) is 12.3 Å². The molecule has 1 aromatic rings. The average molecular weight is 250 g/mol. The van der Waals surface area contributed by atoms with Crippen molar-refractivity contribution in [1.82, 2.24) is 9.55 Å². The minimum absolute atomic E-state index is 0.192. The maximum atomic E-state index is 11.7. The van der Waals surface area contributed by atoms with E-state index in [4.69, 9.17) is 16.3 Å². The number of aliphatic hydroxyl groups excluding tert-OH is 1. The van der Waals surface area contributed by atoms with Crippen LogP contribution in [0.4, 0.5) is 0 Å². The summed E-state index contributed by atoms with van der Waals surface area (Å²) < 4.78 is 6.83. The highest BCUT2D eigenvalue weighted by Gasteiger charge is 2.35. The highest BCUT2D eigenvalue weighted by Crippen LogP contribution is 2.31. The van der Waals surface area contributed by atoms with Gasteiger partial charge in [0.1, 0.15) is 6.23 Å². The summed E-state index contributed by atoms with van der Waals surface area (Å²) in [5, 5.41) is 9.13. The normalized spacial score (nSPS) is 27.1. The van der Waals surface area contributed by atoms with Crippen LogP contribution in [0.15, 0.2) is 15.8 Å². The third kappa shape index (κ3) is 2.10. The molecule has 18 heavy (non-hydrogen) atoms. The largest absolute Gasteiger partial charge is 0.394 e. The Morgan fingerprint density at radius 1 is 1.67 bits per heavy atom. The number of H-pyrrole nitrogens is 1. The molecule has 2 N–H and O–H groups in total. The number of nitrogens with zero attached hydrogens (tertiary/aromatic N) is 1. The molecule has 0 aliphatic carbocycles. The number of nitrogens with one attached hydrogen (secondary N) is 1. The van der Waals surface area contributed by atoms with E-state index in [2.05, 4.69) is 10.9 Å². The van der Waals surface area contributed by atoms with Crippen LogP contribution in [-0.4, -0.2) is 27.4 Å². The maximum Gasteiger partial charge on any atom is 0.330 e. The van der Waals surface area contributed by atoms with Crippen molar-refractivity contribution >= 4 is 0 Å². The second-order valence-corrected chi connectivity index (χ2v) is 4.30. The summed E-state index contributed by atoms with van der Waals surface area (Å²) in [6, 6.07) is 0. The third-order valence-electron chi connectivity index (χ3n) is 3.09. The van der Waals surface area contributed by atoms with Gasteiger partial charge in [-0.05, 0) is 6.92 Å². The van der Waals surface area contributed by atoms with E-state index in [0.717, 1.165) is 0 Å². The second-order valence-electron chi connectivity index (χ2n) is 4.30. The summed E-state index contributed by atoms with van der Waals surface area (Å²) in [5.74, 6) is 2.30. The van der Waals surface area contributed by atoms with Gasteiger partial charge in [0.2, 0.25) is 0 Å². The van der Waals surface area contributed by atoms with Crippen molar-refractivity contribution in [3.63, 3.8) is 0 Å². The molecule has 6 nitrogen and oxygen atoms in total. The molecule has 0 bridgehead atoms. The third-order valence-corrected chi connectivity index (χ3v) is 3.09. The fourth-order valence-electron chi connectivity index (χ4n) is 2.05. The van der Waals surface area contributed by atoms with Gasteiger partial charge in [-0.2, -0.15) is 0 Å². The molecular formula is C12H14N2O4. The van der Waals surface area contributed by atoms with Crippen molar-refractivity contribution in [1.29, 1.82) is 0 Å².